The summed E-state index contributed by atoms with van der Waals surface area (Å²) in [5, 5.41) is 2.30. The van der Waals surface area contributed by atoms with E-state index in [1.807, 2.05) is 50.3 Å². The lowest BCUT2D eigenvalue weighted by molar-refractivity contribution is -0.121. The molecular formula is C23H17BrCl3N3OS. The van der Waals surface area contributed by atoms with Crippen LogP contribution in [0.2, 0.25) is 15.1 Å². The molecule has 0 aliphatic carbocycles. The van der Waals surface area contributed by atoms with Crippen molar-refractivity contribution < 1.29 is 4.79 Å². The lowest BCUT2D eigenvalue weighted by Crippen LogP contribution is -2.23. The van der Waals surface area contributed by atoms with E-state index < -0.39 is 0 Å². The summed E-state index contributed by atoms with van der Waals surface area (Å²) in [5.41, 5.74) is 4.43. The van der Waals surface area contributed by atoms with E-state index in [1.165, 1.54) is 11.8 Å². The lowest BCUT2D eigenvalue weighted by atomic mass is 10.2. The second kappa shape index (κ2) is 9.27. The van der Waals surface area contributed by atoms with Crippen LogP contribution >= 0.6 is 62.5 Å². The summed E-state index contributed by atoms with van der Waals surface area (Å²) in [6, 6.07) is 12.9. The van der Waals surface area contributed by atoms with E-state index in [9.17, 15) is 4.79 Å². The average Bonchev–Trinajstić information content (AvgIpc) is 3.15. The highest BCUT2D eigenvalue weighted by Gasteiger charge is 2.31. The minimum absolute atomic E-state index is 0.105. The number of rotatable bonds is 3. The molecule has 0 N–H and O–H groups in total. The second-order valence-corrected chi connectivity index (χ2v) is 10.3. The third-order valence-corrected chi connectivity index (χ3v) is 7.87. The molecule has 0 radical (unpaired) electrons. The molecule has 0 spiro atoms. The van der Waals surface area contributed by atoms with Crippen molar-refractivity contribution in [3.05, 3.63) is 83.9 Å². The van der Waals surface area contributed by atoms with Gasteiger partial charge in [0.2, 0.25) is 0 Å². The molecule has 4 rings (SSSR count). The van der Waals surface area contributed by atoms with Crippen molar-refractivity contribution in [2.75, 3.05) is 7.05 Å². The molecule has 1 saturated heterocycles. The molecule has 0 atom stereocenters. The number of likely N-dealkylation sites (N-methyl/N-ethyl adjacent to an activating group) is 1. The lowest BCUT2D eigenvalue weighted by Gasteiger charge is -2.12. The Hall–Kier alpha value is -1.70. The standard InChI is InChI=1S/C23H17BrCl3N3OS/c1-12-8-14(13(2)30(12)20-7-4-15(25)10-19(20)27)9-21-22(31)29(3)23(32-21)28-16-5-6-17(24)18(26)11-16/h4-11H,1-3H3/b21-9-,28-23?. The van der Waals surface area contributed by atoms with Crippen molar-refractivity contribution in [3.63, 3.8) is 0 Å². The maximum absolute atomic E-state index is 12.9. The second-order valence-electron chi connectivity index (χ2n) is 7.23. The Morgan fingerprint density at radius 2 is 1.78 bits per heavy atom. The number of aliphatic imine (C=N–C) groups is 1. The van der Waals surface area contributed by atoms with E-state index >= 15 is 0 Å². The topological polar surface area (TPSA) is 37.6 Å². The van der Waals surface area contributed by atoms with Gasteiger partial charge in [0.1, 0.15) is 0 Å². The van der Waals surface area contributed by atoms with Gasteiger partial charge in [-0.05, 0) is 95.6 Å². The van der Waals surface area contributed by atoms with Crippen LogP contribution in [0.1, 0.15) is 17.0 Å². The van der Waals surface area contributed by atoms with Crippen molar-refractivity contribution in [3.8, 4) is 5.69 Å². The Labute approximate surface area is 214 Å². The van der Waals surface area contributed by atoms with Crippen molar-refractivity contribution in [1.29, 1.82) is 0 Å². The van der Waals surface area contributed by atoms with E-state index in [0.29, 0.717) is 30.8 Å². The number of carbonyl (C=O) groups is 1. The number of benzene rings is 2. The van der Waals surface area contributed by atoms with Gasteiger partial charge in [0.25, 0.3) is 5.91 Å². The summed E-state index contributed by atoms with van der Waals surface area (Å²) in [6.45, 7) is 4.00. The van der Waals surface area contributed by atoms with Gasteiger partial charge in [-0.3, -0.25) is 9.69 Å². The highest BCUT2D eigenvalue weighted by molar-refractivity contribution is 9.10. The van der Waals surface area contributed by atoms with Crippen LogP contribution in [0.25, 0.3) is 11.8 Å². The minimum Gasteiger partial charge on any atom is -0.316 e. The highest BCUT2D eigenvalue weighted by Crippen LogP contribution is 2.36. The number of hydrogen-bond acceptors (Lipinski definition) is 3. The van der Waals surface area contributed by atoms with Gasteiger partial charge in [0.15, 0.2) is 5.17 Å². The fourth-order valence-electron chi connectivity index (χ4n) is 3.42. The molecule has 1 aliphatic rings. The van der Waals surface area contributed by atoms with Crippen LogP contribution in [0.4, 0.5) is 5.69 Å². The maximum atomic E-state index is 12.9. The first kappa shape index (κ1) is 23.5. The van der Waals surface area contributed by atoms with Crippen molar-refractivity contribution >= 4 is 85.3 Å². The Morgan fingerprint density at radius 3 is 2.47 bits per heavy atom. The zero-order chi connectivity index (χ0) is 23.2. The Morgan fingerprint density at radius 1 is 1.03 bits per heavy atom. The van der Waals surface area contributed by atoms with Crippen LogP contribution in [0.5, 0.6) is 0 Å². The monoisotopic (exact) mass is 567 g/mol. The molecule has 4 nitrogen and oxygen atoms in total. The molecule has 0 unspecified atom stereocenters. The molecule has 164 valence electrons. The number of thioether (sulfide) groups is 1. The first-order valence-electron chi connectivity index (χ1n) is 9.51. The van der Waals surface area contributed by atoms with Crippen LogP contribution in [0.3, 0.4) is 0 Å². The fourth-order valence-corrected chi connectivity index (χ4v) is 5.32. The molecule has 1 fully saturated rings. The predicted molar refractivity (Wildman–Crippen MR) is 140 cm³/mol. The van der Waals surface area contributed by atoms with Gasteiger partial charge in [-0.25, -0.2) is 4.99 Å². The molecule has 9 heteroatoms. The van der Waals surface area contributed by atoms with Crippen LogP contribution in [0, 0.1) is 13.8 Å². The number of amidine groups is 1. The Bertz CT molecular complexity index is 1320. The van der Waals surface area contributed by atoms with Gasteiger partial charge in [-0.1, -0.05) is 34.8 Å². The largest absolute Gasteiger partial charge is 0.316 e. The van der Waals surface area contributed by atoms with Gasteiger partial charge >= 0.3 is 0 Å². The summed E-state index contributed by atoms with van der Waals surface area (Å²) < 4.78 is 2.85. The molecular weight excluding hydrogens is 553 g/mol. The predicted octanol–water partition coefficient (Wildman–Crippen LogP) is 8.05. The Kier molecular flexibility index (Phi) is 6.80. The molecule has 1 amide bonds. The zero-order valence-electron chi connectivity index (χ0n) is 17.3. The van der Waals surface area contributed by atoms with E-state index in [1.54, 1.807) is 24.1 Å². The molecule has 2 heterocycles. The molecule has 1 aromatic heterocycles. The van der Waals surface area contributed by atoms with E-state index in [2.05, 4.69) is 25.5 Å². The third-order valence-electron chi connectivity index (χ3n) is 5.04. The van der Waals surface area contributed by atoms with Crippen LogP contribution in [-0.4, -0.2) is 27.6 Å². The number of aryl methyl sites for hydroxylation is 1. The first-order chi connectivity index (χ1) is 15.2. The number of carbonyl (C=O) groups excluding carboxylic acids is 1. The van der Waals surface area contributed by atoms with Crippen molar-refractivity contribution in [2.45, 2.75) is 13.8 Å². The summed E-state index contributed by atoms with van der Waals surface area (Å²) in [6.07, 6.45) is 1.89. The zero-order valence-corrected chi connectivity index (χ0v) is 22.0. The smallest absolute Gasteiger partial charge is 0.266 e. The number of amides is 1. The van der Waals surface area contributed by atoms with E-state index in [0.717, 1.165) is 27.1 Å². The minimum atomic E-state index is -0.105. The molecule has 0 saturated carbocycles. The quantitative estimate of drug-likeness (QED) is 0.299. The van der Waals surface area contributed by atoms with Crippen LogP contribution in [-0.2, 0) is 4.79 Å². The number of aromatic nitrogens is 1. The molecule has 2 aromatic carbocycles. The van der Waals surface area contributed by atoms with Crippen LogP contribution < -0.4 is 0 Å². The average molecular weight is 570 g/mol. The van der Waals surface area contributed by atoms with Gasteiger partial charge in [-0.2, -0.15) is 0 Å². The summed E-state index contributed by atoms with van der Waals surface area (Å²) >= 11 is 23.4. The highest BCUT2D eigenvalue weighted by atomic mass is 79.9. The van der Waals surface area contributed by atoms with Crippen molar-refractivity contribution in [2.24, 2.45) is 4.99 Å². The number of halogens is 4. The summed E-state index contributed by atoms with van der Waals surface area (Å²) in [7, 11) is 1.71. The maximum Gasteiger partial charge on any atom is 0.266 e. The van der Waals surface area contributed by atoms with Crippen LogP contribution in [0.15, 0.2) is 56.8 Å². The summed E-state index contributed by atoms with van der Waals surface area (Å²) in [4.78, 5) is 19.6. The number of nitrogens with zero attached hydrogens (tertiary/aromatic N) is 3. The van der Waals surface area contributed by atoms with Gasteiger partial charge in [0.05, 0.1) is 26.3 Å². The Balaban J connectivity index is 1.69. The fraction of sp³-hybridized carbons (Fsp3) is 0.130. The van der Waals surface area contributed by atoms with E-state index in [4.69, 9.17) is 34.8 Å². The normalized spacial score (nSPS) is 16.6. The van der Waals surface area contributed by atoms with Gasteiger partial charge in [0, 0.05) is 27.9 Å². The first-order valence-corrected chi connectivity index (χ1v) is 12.3. The van der Waals surface area contributed by atoms with E-state index in [-0.39, 0.29) is 5.91 Å². The molecule has 32 heavy (non-hydrogen) atoms. The van der Waals surface area contributed by atoms with Gasteiger partial charge in [-0.15, -0.1) is 0 Å². The molecule has 3 aromatic rings. The molecule has 0 bridgehead atoms. The SMILES string of the molecule is Cc1cc(/C=C2\SC(=Nc3ccc(Br)c(Cl)c3)N(C)C2=O)c(C)n1-c1ccc(Cl)cc1Cl. The summed E-state index contributed by atoms with van der Waals surface area (Å²) in [5.74, 6) is -0.105. The van der Waals surface area contributed by atoms with Gasteiger partial charge < -0.3 is 4.57 Å². The number of hydrogen-bond donors (Lipinski definition) is 0. The third kappa shape index (κ3) is 4.52. The molecule has 1 aliphatic heterocycles. The van der Waals surface area contributed by atoms with Crippen molar-refractivity contribution in [1.82, 2.24) is 9.47 Å².